The maximum Gasteiger partial charge on any atom is 0.234 e. The summed E-state index contributed by atoms with van der Waals surface area (Å²) in [4.78, 5) is 14.1. The number of carbonyl (C=O) groups excluding carboxylic acids is 1. The molecule has 134 valence electrons. The van der Waals surface area contributed by atoms with Gasteiger partial charge in [-0.05, 0) is 56.3 Å². The molecule has 0 spiro atoms. The third-order valence-corrected chi connectivity index (χ3v) is 3.85. The number of hydrogen-bond acceptors (Lipinski definition) is 3. The fraction of sp³-hybridized carbons (Fsp3) is 0.350. The predicted octanol–water partition coefficient (Wildman–Crippen LogP) is 3.53. The third-order valence-electron chi connectivity index (χ3n) is 3.85. The van der Waals surface area contributed by atoms with Gasteiger partial charge in [-0.25, -0.2) is 4.39 Å². The Kier molecular flexibility index (Phi) is 6.95. The van der Waals surface area contributed by atoms with Crippen LogP contribution in [0.4, 0.5) is 4.39 Å². The van der Waals surface area contributed by atoms with Crippen LogP contribution >= 0.6 is 0 Å². The van der Waals surface area contributed by atoms with Crippen LogP contribution in [0.1, 0.15) is 31.0 Å². The molecule has 0 aliphatic carbocycles. The summed E-state index contributed by atoms with van der Waals surface area (Å²) < 4.78 is 18.4. The van der Waals surface area contributed by atoms with Gasteiger partial charge in [-0.15, -0.1) is 0 Å². The second-order valence-corrected chi connectivity index (χ2v) is 6.09. The molecular weight excluding hydrogens is 319 g/mol. The van der Waals surface area contributed by atoms with E-state index in [0.29, 0.717) is 19.7 Å². The average molecular weight is 344 g/mol. The minimum Gasteiger partial charge on any atom is -0.494 e. The number of halogens is 1. The first-order valence-electron chi connectivity index (χ1n) is 8.43. The molecule has 0 saturated carbocycles. The van der Waals surface area contributed by atoms with Gasteiger partial charge >= 0.3 is 0 Å². The van der Waals surface area contributed by atoms with Gasteiger partial charge in [-0.3, -0.25) is 9.69 Å². The SMILES string of the molecule is CCOc1ccc(CN(C)CC(=O)NC(C)c2ccc(F)cc2)cc1. The van der Waals surface area contributed by atoms with E-state index in [0.717, 1.165) is 16.9 Å². The van der Waals surface area contributed by atoms with Crippen LogP contribution < -0.4 is 10.1 Å². The summed E-state index contributed by atoms with van der Waals surface area (Å²) in [7, 11) is 1.90. The van der Waals surface area contributed by atoms with Gasteiger partial charge in [-0.1, -0.05) is 24.3 Å². The maximum atomic E-state index is 13.0. The smallest absolute Gasteiger partial charge is 0.234 e. The first kappa shape index (κ1) is 18.9. The minimum absolute atomic E-state index is 0.0646. The molecule has 0 fully saturated rings. The van der Waals surface area contributed by atoms with E-state index in [4.69, 9.17) is 4.74 Å². The van der Waals surface area contributed by atoms with Crippen molar-refractivity contribution in [3.63, 3.8) is 0 Å². The molecule has 0 aromatic heterocycles. The second-order valence-electron chi connectivity index (χ2n) is 6.09. The van der Waals surface area contributed by atoms with Gasteiger partial charge in [0.2, 0.25) is 5.91 Å². The predicted molar refractivity (Wildman–Crippen MR) is 96.9 cm³/mol. The van der Waals surface area contributed by atoms with Crippen molar-refractivity contribution in [3.05, 3.63) is 65.5 Å². The van der Waals surface area contributed by atoms with Crippen molar-refractivity contribution in [2.75, 3.05) is 20.2 Å². The molecule has 0 aliphatic rings. The van der Waals surface area contributed by atoms with Gasteiger partial charge in [0.05, 0.1) is 19.2 Å². The fourth-order valence-corrected chi connectivity index (χ4v) is 2.59. The number of likely N-dealkylation sites (N-methyl/N-ethyl adjacent to an activating group) is 1. The first-order chi connectivity index (χ1) is 12.0. The molecule has 1 atom stereocenters. The molecule has 1 unspecified atom stereocenters. The Labute approximate surface area is 148 Å². The number of nitrogens with one attached hydrogen (secondary N) is 1. The highest BCUT2D eigenvalue weighted by molar-refractivity contribution is 5.78. The van der Waals surface area contributed by atoms with Crippen molar-refractivity contribution >= 4 is 5.91 Å². The van der Waals surface area contributed by atoms with Crippen molar-refractivity contribution in [1.82, 2.24) is 10.2 Å². The Morgan fingerprint density at radius 3 is 2.40 bits per heavy atom. The summed E-state index contributed by atoms with van der Waals surface area (Å²) in [5.41, 5.74) is 1.99. The highest BCUT2D eigenvalue weighted by Crippen LogP contribution is 2.14. The summed E-state index contributed by atoms with van der Waals surface area (Å²) in [6, 6.07) is 13.9. The molecular formula is C20H25FN2O2. The zero-order valence-electron chi connectivity index (χ0n) is 15.0. The van der Waals surface area contributed by atoms with E-state index in [9.17, 15) is 9.18 Å². The molecule has 0 aliphatic heterocycles. The van der Waals surface area contributed by atoms with Crippen LogP contribution in [0.25, 0.3) is 0 Å². The van der Waals surface area contributed by atoms with E-state index in [1.165, 1.54) is 12.1 Å². The highest BCUT2D eigenvalue weighted by atomic mass is 19.1. The molecule has 0 saturated heterocycles. The molecule has 0 heterocycles. The molecule has 0 bridgehead atoms. The van der Waals surface area contributed by atoms with E-state index >= 15 is 0 Å². The van der Waals surface area contributed by atoms with E-state index in [-0.39, 0.29) is 17.8 Å². The lowest BCUT2D eigenvalue weighted by atomic mass is 10.1. The quantitative estimate of drug-likeness (QED) is 0.796. The van der Waals surface area contributed by atoms with Crippen LogP contribution in [0.3, 0.4) is 0 Å². The third kappa shape index (κ3) is 6.19. The summed E-state index contributed by atoms with van der Waals surface area (Å²) in [5, 5.41) is 2.94. The Morgan fingerprint density at radius 1 is 1.16 bits per heavy atom. The van der Waals surface area contributed by atoms with Crippen LogP contribution in [-0.2, 0) is 11.3 Å². The molecule has 2 aromatic carbocycles. The van der Waals surface area contributed by atoms with Crippen molar-refractivity contribution in [2.45, 2.75) is 26.4 Å². The lowest BCUT2D eigenvalue weighted by Crippen LogP contribution is -2.36. The molecule has 1 N–H and O–H groups in total. The lowest BCUT2D eigenvalue weighted by Gasteiger charge is -2.19. The second kappa shape index (κ2) is 9.18. The van der Waals surface area contributed by atoms with E-state index in [2.05, 4.69) is 5.32 Å². The van der Waals surface area contributed by atoms with Gasteiger partial charge in [0.25, 0.3) is 0 Å². The molecule has 2 aromatic rings. The van der Waals surface area contributed by atoms with E-state index in [1.807, 2.05) is 50.1 Å². The molecule has 5 heteroatoms. The summed E-state index contributed by atoms with van der Waals surface area (Å²) in [6.45, 7) is 5.44. The van der Waals surface area contributed by atoms with Crippen molar-refractivity contribution in [2.24, 2.45) is 0 Å². The van der Waals surface area contributed by atoms with Crippen molar-refractivity contribution in [3.8, 4) is 5.75 Å². The fourth-order valence-electron chi connectivity index (χ4n) is 2.59. The topological polar surface area (TPSA) is 41.6 Å². The standard InChI is InChI=1S/C20H25FN2O2/c1-4-25-19-11-5-16(6-12-19)13-23(3)14-20(24)22-15(2)17-7-9-18(21)10-8-17/h5-12,15H,4,13-14H2,1-3H3,(H,22,24). The number of nitrogens with zero attached hydrogens (tertiary/aromatic N) is 1. The number of carbonyl (C=O) groups is 1. The normalized spacial score (nSPS) is 12.0. The average Bonchev–Trinajstić information content (AvgIpc) is 2.57. The largest absolute Gasteiger partial charge is 0.494 e. The molecule has 4 nitrogen and oxygen atoms in total. The summed E-state index contributed by atoms with van der Waals surface area (Å²) in [5.74, 6) is 0.502. The lowest BCUT2D eigenvalue weighted by molar-refractivity contribution is -0.122. The summed E-state index contributed by atoms with van der Waals surface area (Å²) in [6.07, 6.45) is 0. The zero-order valence-corrected chi connectivity index (χ0v) is 15.0. The Morgan fingerprint density at radius 2 is 1.80 bits per heavy atom. The van der Waals surface area contributed by atoms with Gasteiger partial charge in [0.15, 0.2) is 0 Å². The van der Waals surface area contributed by atoms with E-state index in [1.54, 1.807) is 12.1 Å². The monoisotopic (exact) mass is 344 g/mol. The number of rotatable bonds is 8. The maximum absolute atomic E-state index is 13.0. The van der Waals surface area contributed by atoms with Crippen molar-refractivity contribution in [1.29, 1.82) is 0 Å². The van der Waals surface area contributed by atoms with Crippen LogP contribution in [0.15, 0.2) is 48.5 Å². The molecule has 25 heavy (non-hydrogen) atoms. The van der Waals surface area contributed by atoms with Crippen molar-refractivity contribution < 1.29 is 13.9 Å². The molecule has 0 radical (unpaired) electrons. The number of benzene rings is 2. The number of ether oxygens (including phenoxy) is 1. The van der Waals surface area contributed by atoms with Crippen LogP contribution in [0, 0.1) is 5.82 Å². The number of hydrogen-bond donors (Lipinski definition) is 1. The molecule has 2 rings (SSSR count). The van der Waals surface area contributed by atoms with Gasteiger partial charge in [-0.2, -0.15) is 0 Å². The van der Waals surface area contributed by atoms with Gasteiger partial charge in [0, 0.05) is 6.54 Å². The van der Waals surface area contributed by atoms with Crippen LogP contribution in [0.2, 0.25) is 0 Å². The Hall–Kier alpha value is -2.40. The highest BCUT2D eigenvalue weighted by Gasteiger charge is 2.12. The zero-order chi connectivity index (χ0) is 18.2. The van der Waals surface area contributed by atoms with Crippen LogP contribution in [0.5, 0.6) is 5.75 Å². The van der Waals surface area contributed by atoms with E-state index < -0.39 is 0 Å². The van der Waals surface area contributed by atoms with Crippen LogP contribution in [-0.4, -0.2) is 31.0 Å². The Bertz CT molecular complexity index is 671. The number of amides is 1. The van der Waals surface area contributed by atoms with Gasteiger partial charge < -0.3 is 10.1 Å². The minimum atomic E-state index is -0.280. The molecule has 1 amide bonds. The first-order valence-corrected chi connectivity index (χ1v) is 8.43. The summed E-state index contributed by atoms with van der Waals surface area (Å²) >= 11 is 0. The van der Waals surface area contributed by atoms with Gasteiger partial charge in [0.1, 0.15) is 11.6 Å². The Balaban J connectivity index is 1.81.